The summed E-state index contributed by atoms with van der Waals surface area (Å²) in [7, 11) is 2.16. The highest BCUT2D eigenvalue weighted by atomic mass is 35.5. The predicted molar refractivity (Wildman–Crippen MR) is 65.7 cm³/mol. The zero-order valence-corrected chi connectivity index (χ0v) is 10.0. The molecule has 1 aliphatic heterocycles. The van der Waals surface area contributed by atoms with Crippen LogP contribution in [0.5, 0.6) is 0 Å². The molecule has 0 radical (unpaired) electrons. The number of hydrogen-bond donors (Lipinski definition) is 1. The molecule has 1 saturated heterocycles. The molecule has 0 aliphatic carbocycles. The van der Waals surface area contributed by atoms with E-state index in [4.69, 9.17) is 11.6 Å². The van der Waals surface area contributed by atoms with Gasteiger partial charge in [-0.05, 0) is 50.7 Å². The number of hydrogen-bond acceptors (Lipinski definition) is 2. The van der Waals surface area contributed by atoms with Crippen LogP contribution >= 0.6 is 11.6 Å². The van der Waals surface area contributed by atoms with Gasteiger partial charge in [-0.15, -0.1) is 0 Å². The van der Waals surface area contributed by atoms with Gasteiger partial charge in [0, 0.05) is 23.3 Å². The van der Waals surface area contributed by atoms with Crippen molar-refractivity contribution in [2.75, 3.05) is 25.5 Å². The Morgan fingerprint density at radius 3 is 2.87 bits per heavy atom. The molecule has 1 fully saturated rings. The van der Waals surface area contributed by atoms with Crippen LogP contribution in [0.25, 0.3) is 0 Å². The molecule has 1 N–H and O–H groups in total. The molecule has 1 atom stereocenters. The lowest BCUT2D eigenvalue weighted by molar-refractivity contribution is 0.414. The Morgan fingerprint density at radius 1 is 1.47 bits per heavy atom. The molecule has 0 saturated carbocycles. The van der Waals surface area contributed by atoms with Gasteiger partial charge in [0.25, 0.3) is 0 Å². The fourth-order valence-electron chi connectivity index (χ4n) is 2.06. The summed E-state index contributed by atoms with van der Waals surface area (Å²) in [6.45, 7) is 4.40. The van der Waals surface area contributed by atoms with Crippen molar-refractivity contribution in [1.29, 1.82) is 0 Å². The van der Waals surface area contributed by atoms with E-state index in [2.05, 4.69) is 30.3 Å². The van der Waals surface area contributed by atoms with Crippen molar-refractivity contribution in [3.63, 3.8) is 0 Å². The second-order valence-corrected chi connectivity index (χ2v) is 4.79. The van der Waals surface area contributed by atoms with Crippen molar-refractivity contribution in [1.82, 2.24) is 4.90 Å². The Balaban J connectivity index is 2.04. The zero-order valence-electron chi connectivity index (χ0n) is 9.26. The second-order valence-electron chi connectivity index (χ2n) is 4.35. The molecule has 1 aliphatic rings. The van der Waals surface area contributed by atoms with Crippen LogP contribution in [0, 0.1) is 6.92 Å². The average Bonchev–Trinajstić information content (AvgIpc) is 2.56. The summed E-state index contributed by atoms with van der Waals surface area (Å²) in [4.78, 5) is 2.35. The third kappa shape index (κ3) is 2.64. The number of likely N-dealkylation sites (N-methyl/N-ethyl adjacent to an activating group) is 1. The lowest BCUT2D eigenvalue weighted by Gasteiger charge is -2.16. The van der Waals surface area contributed by atoms with E-state index in [1.165, 1.54) is 24.2 Å². The fourth-order valence-corrected chi connectivity index (χ4v) is 2.29. The van der Waals surface area contributed by atoms with Crippen LogP contribution in [-0.4, -0.2) is 31.1 Å². The molecular formula is C12H17ClN2. The van der Waals surface area contributed by atoms with Gasteiger partial charge in [-0.1, -0.05) is 11.6 Å². The molecule has 0 bridgehead atoms. The third-order valence-corrected chi connectivity index (χ3v) is 3.17. The first-order chi connectivity index (χ1) is 7.15. The van der Waals surface area contributed by atoms with E-state index in [9.17, 15) is 0 Å². The molecular weight excluding hydrogens is 208 g/mol. The van der Waals surface area contributed by atoms with Crippen LogP contribution in [-0.2, 0) is 0 Å². The highest BCUT2D eigenvalue weighted by Crippen LogP contribution is 2.22. The van der Waals surface area contributed by atoms with E-state index >= 15 is 0 Å². The molecule has 0 spiro atoms. The minimum atomic E-state index is 0.579. The quantitative estimate of drug-likeness (QED) is 0.831. The summed E-state index contributed by atoms with van der Waals surface area (Å²) in [5.41, 5.74) is 2.43. The summed E-state index contributed by atoms with van der Waals surface area (Å²) in [6.07, 6.45) is 1.22. The third-order valence-electron chi connectivity index (χ3n) is 2.94. The Labute approximate surface area is 96.2 Å². The summed E-state index contributed by atoms with van der Waals surface area (Å²) >= 11 is 5.92. The van der Waals surface area contributed by atoms with E-state index in [-0.39, 0.29) is 0 Å². The summed E-state index contributed by atoms with van der Waals surface area (Å²) in [5.74, 6) is 0. The largest absolute Gasteiger partial charge is 0.381 e. The smallest absolute Gasteiger partial charge is 0.0410 e. The van der Waals surface area contributed by atoms with Crippen LogP contribution in [0.2, 0.25) is 5.02 Å². The first kappa shape index (κ1) is 10.8. The number of aryl methyl sites for hydroxylation is 1. The monoisotopic (exact) mass is 224 g/mol. The number of nitrogens with zero attached hydrogens (tertiary/aromatic N) is 1. The molecule has 1 aromatic carbocycles. The molecule has 15 heavy (non-hydrogen) atoms. The maximum absolute atomic E-state index is 5.92. The summed E-state index contributed by atoms with van der Waals surface area (Å²) < 4.78 is 0. The second kappa shape index (κ2) is 4.42. The van der Waals surface area contributed by atoms with Gasteiger partial charge >= 0.3 is 0 Å². The van der Waals surface area contributed by atoms with E-state index in [0.29, 0.717) is 6.04 Å². The van der Waals surface area contributed by atoms with Crippen LogP contribution in [0.4, 0.5) is 5.69 Å². The van der Waals surface area contributed by atoms with E-state index in [1.807, 2.05) is 12.1 Å². The Kier molecular flexibility index (Phi) is 3.17. The number of anilines is 1. The lowest BCUT2D eigenvalue weighted by Crippen LogP contribution is -2.23. The average molecular weight is 225 g/mol. The molecule has 1 unspecified atom stereocenters. The lowest BCUT2D eigenvalue weighted by atomic mass is 10.1. The van der Waals surface area contributed by atoms with Gasteiger partial charge in [0.15, 0.2) is 0 Å². The summed E-state index contributed by atoms with van der Waals surface area (Å²) in [6, 6.07) is 6.59. The Morgan fingerprint density at radius 2 is 2.27 bits per heavy atom. The highest BCUT2D eigenvalue weighted by Gasteiger charge is 2.19. The standard InChI is InChI=1S/C12H17ClN2/c1-9-7-10(13)3-4-12(9)14-11-5-6-15(2)8-11/h3-4,7,11,14H,5-6,8H2,1-2H3. The van der Waals surface area contributed by atoms with Crippen LogP contribution in [0.15, 0.2) is 18.2 Å². The first-order valence-electron chi connectivity index (χ1n) is 5.36. The number of benzene rings is 1. The van der Waals surface area contributed by atoms with Gasteiger partial charge in [0.05, 0.1) is 0 Å². The number of likely N-dealkylation sites (tertiary alicyclic amines) is 1. The van der Waals surface area contributed by atoms with Crippen LogP contribution < -0.4 is 5.32 Å². The summed E-state index contributed by atoms with van der Waals surface area (Å²) in [5, 5.41) is 4.37. The van der Waals surface area contributed by atoms with Gasteiger partial charge in [0.2, 0.25) is 0 Å². The SMILES string of the molecule is Cc1cc(Cl)ccc1NC1CCN(C)C1. The van der Waals surface area contributed by atoms with E-state index < -0.39 is 0 Å². The van der Waals surface area contributed by atoms with Crippen LogP contribution in [0.3, 0.4) is 0 Å². The molecule has 2 rings (SSSR count). The molecule has 3 heteroatoms. The minimum absolute atomic E-state index is 0.579. The van der Waals surface area contributed by atoms with Gasteiger partial charge < -0.3 is 10.2 Å². The molecule has 1 aromatic rings. The van der Waals surface area contributed by atoms with Gasteiger partial charge in [-0.3, -0.25) is 0 Å². The van der Waals surface area contributed by atoms with E-state index in [0.717, 1.165) is 11.6 Å². The number of nitrogens with one attached hydrogen (secondary N) is 1. The van der Waals surface area contributed by atoms with Crippen molar-refractivity contribution in [3.8, 4) is 0 Å². The first-order valence-corrected chi connectivity index (χ1v) is 5.74. The minimum Gasteiger partial charge on any atom is -0.381 e. The van der Waals surface area contributed by atoms with Gasteiger partial charge in [-0.25, -0.2) is 0 Å². The zero-order chi connectivity index (χ0) is 10.8. The normalized spacial score (nSPS) is 21.9. The number of halogens is 1. The van der Waals surface area contributed by atoms with Crippen LogP contribution in [0.1, 0.15) is 12.0 Å². The molecule has 1 heterocycles. The molecule has 82 valence electrons. The molecule has 0 aromatic heterocycles. The maximum atomic E-state index is 5.92. The number of rotatable bonds is 2. The van der Waals surface area contributed by atoms with E-state index in [1.54, 1.807) is 0 Å². The topological polar surface area (TPSA) is 15.3 Å². The molecule has 0 amide bonds. The van der Waals surface area contributed by atoms with Gasteiger partial charge in [0.1, 0.15) is 0 Å². The predicted octanol–water partition coefficient (Wildman–Crippen LogP) is 2.76. The van der Waals surface area contributed by atoms with Crippen molar-refractivity contribution < 1.29 is 0 Å². The Hall–Kier alpha value is -0.730. The molecule has 2 nitrogen and oxygen atoms in total. The Bertz CT molecular complexity index is 351. The maximum Gasteiger partial charge on any atom is 0.0410 e. The fraction of sp³-hybridized carbons (Fsp3) is 0.500. The van der Waals surface area contributed by atoms with Crippen molar-refractivity contribution in [3.05, 3.63) is 28.8 Å². The van der Waals surface area contributed by atoms with Gasteiger partial charge in [-0.2, -0.15) is 0 Å². The van der Waals surface area contributed by atoms with Crippen molar-refractivity contribution in [2.45, 2.75) is 19.4 Å². The van der Waals surface area contributed by atoms with Crippen molar-refractivity contribution in [2.24, 2.45) is 0 Å². The van der Waals surface area contributed by atoms with Crippen molar-refractivity contribution >= 4 is 17.3 Å². The highest BCUT2D eigenvalue weighted by molar-refractivity contribution is 6.30.